The average Bonchev–Trinajstić information content (AvgIpc) is 2.46. The van der Waals surface area contributed by atoms with Crippen molar-refractivity contribution in [3.8, 4) is 23.3 Å². The molecule has 0 radical (unpaired) electrons. The van der Waals surface area contributed by atoms with E-state index in [0.29, 0.717) is 23.8 Å². The first-order valence-corrected chi connectivity index (χ1v) is 6.53. The van der Waals surface area contributed by atoms with Crippen LogP contribution in [0.2, 0.25) is 0 Å². The van der Waals surface area contributed by atoms with Gasteiger partial charge in [0.25, 0.3) is 0 Å². The van der Waals surface area contributed by atoms with Crippen molar-refractivity contribution in [3.05, 3.63) is 47.8 Å². The van der Waals surface area contributed by atoms with E-state index in [1.807, 2.05) is 13.0 Å². The van der Waals surface area contributed by atoms with Gasteiger partial charge in [0.05, 0.1) is 18.2 Å². The molecule has 2 aromatic carbocycles. The normalized spacial score (nSPS) is 9.95. The maximum absolute atomic E-state index is 13.8. The number of halogens is 1. The van der Waals surface area contributed by atoms with Crippen molar-refractivity contribution in [2.75, 3.05) is 12.3 Å². The van der Waals surface area contributed by atoms with E-state index < -0.39 is 5.82 Å². The molecular weight excluding hydrogens is 271 g/mol. The second-order valence-electron chi connectivity index (χ2n) is 4.45. The Balaban J connectivity index is 2.23. The third-order valence-electron chi connectivity index (χ3n) is 2.66. The minimum atomic E-state index is -0.604. The standard InChI is InChI=1S/C16H15FN2O2/c1-2-5-20-13-7-12(19)8-14(9-13)21-16-4-3-11(10-18)6-15(16)17/h3-4,6-9H,2,5,19H2,1H3. The van der Waals surface area contributed by atoms with Crippen molar-refractivity contribution >= 4 is 5.69 Å². The predicted molar refractivity (Wildman–Crippen MR) is 77.8 cm³/mol. The molecule has 0 aliphatic carbocycles. The molecule has 0 heterocycles. The number of ether oxygens (including phenoxy) is 2. The van der Waals surface area contributed by atoms with Gasteiger partial charge in [0, 0.05) is 23.9 Å². The van der Waals surface area contributed by atoms with Gasteiger partial charge in [-0.1, -0.05) is 6.92 Å². The van der Waals surface area contributed by atoms with Crippen LogP contribution in [-0.4, -0.2) is 6.61 Å². The van der Waals surface area contributed by atoms with Crippen molar-refractivity contribution < 1.29 is 13.9 Å². The van der Waals surface area contributed by atoms with Gasteiger partial charge in [-0.25, -0.2) is 4.39 Å². The first kappa shape index (κ1) is 14.7. The van der Waals surface area contributed by atoms with Gasteiger partial charge in [0.15, 0.2) is 11.6 Å². The topological polar surface area (TPSA) is 68.3 Å². The SMILES string of the molecule is CCCOc1cc(N)cc(Oc2ccc(C#N)cc2F)c1. The number of nitrogen functional groups attached to an aromatic ring is 1. The molecule has 0 fully saturated rings. The van der Waals surface area contributed by atoms with Crippen LogP contribution in [0.1, 0.15) is 18.9 Å². The van der Waals surface area contributed by atoms with Crippen LogP contribution in [0.15, 0.2) is 36.4 Å². The van der Waals surface area contributed by atoms with E-state index >= 15 is 0 Å². The molecule has 0 aliphatic heterocycles. The minimum Gasteiger partial charge on any atom is -0.493 e. The molecule has 0 amide bonds. The summed E-state index contributed by atoms with van der Waals surface area (Å²) in [5.41, 5.74) is 6.47. The fourth-order valence-electron chi connectivity index (χ4n) is 1.74. The molecular formula is C16H15FN2O2. The second kappa shape index (κ2) is 6.62. The van der Waals surface area contributed by atoms with Gasteiger partial charge >= 0.3 is 0 Å². The first-order valence-electron chi connectivity index (χ1n) is 6.53. The van der Waals surface area contributed by atoms with Crippen LogP contribution in [0, 0.1) is 17.1 Å². The highest BCUT2D eigenvalue weighted by atomic mass is 19.1. The van der Waals surface area contributed by atoms with E-state index in [0.717, 1.165) is 12.5 Å². The summed E-state index contributed by atoms with van der Waals surface area (Å²) in [6.07, 6.45) is 0.870. The smallest absolute Gasteiger partial charge is 0.167 e. The molecule has 108 valence electrons. The lowest BCUT2D eigenvalue weighted by Gasteiger charge is -2.11. The van der Waals surface area contributed by atoms with E-state index in [1.165, 1.54) is 12.1 Å². The number of anilines is 1. The summed E-state index contributed by atoms with van der Waals surface area (Å²) in [7, 11) is 0. The number of benzene rings is 2. The molecule has 2 N–H and O–H groups in total. The average molecular weight is 286 g/mol. The van der Waals surface area contributed by atoms with Crippen LogP contribution in [0.5, 0.6) is 17.2 Å². The molecule has 0 aromatic heterocycles. The molecule has 0 bridgehead atoms. The molecule has 0 saturated carbocycles. The highest BCUT2D eigenvalue weighted by Crippen LogP contribution is 2.30. The van der Waals surface area contributed by atoms with Gasteiger partial charge in [-0.05, 0) is 24.6 Å². The number of nitrogens with two attached hydrogens (primary N) is 1. The number of nitriles is 1. The molecule has 2 aromatic rings. The molecule has 4 nitrogen and oxygen atoms in total. The summed E-state index contributed by atoms with van der Waals surface area (Å²) in [5.74, 6) is 0.374. The van der Waals surface area contributed by atoms with Crippen molar-refractivity contribution in [1.82, 2.24) is 0 Å². The summed E-state index contributed by atoms with van der Waals surface area (Å²) < 4.78 is 24.7. The second-order valence-corrected chi connectivity index (χ2v) is 4.45. The highest BCUT2D eigenvalue weighted by Gasteiger charge is 2.08. The molecule has 0 saturated heterocycles. The Morgan fingerprint density at radius 3 is 2.62 bits per heavy atom. The molecule has 0 spiro atoms. The van der Waals surface area contributed by atoms with Crippen LogP contribution in [0.25, 0.3) is 0 Å². The van der Waals surface area contributed by atoms with Gasteiger partial charge in [-0.15, -0.1) is 0 Å². The maximum atomic E-state index is 13.8. The van der Waals surface area contributed by atoms with E-state index in [-0.39, 0.29) is 11.3 Å². The Hall–Kier alpha value is -2.74. The zero-order chi connectivity index (χ0) is 15.2. The van der Waals surface area contributed by atoms with Gasteiger partial charge in [0.1, 0.15) is 11.5 Å². The number of rotatable bonds is 5. The van der Waals surface area contributed by atoms with Gasteiger partial charge in [-0.2, -0.15) is 5.26 Å². The number of hydrogen-bond donors (Lipinski definition) is 1. The number of hydrogen-bond acceptors (Lipinski definition) is 4. The van der Waals surface area contributed by atoms with Crippen LogP contribution < -0.4 is 15.2 Å². The summed E-state index contributed by atoms with van der Waals surface area (Å²) in [4.78, 5) is 0. The summed E-state index contributed by atoms with van der Waals surface area (Å²) in [6, 6.07) is 10.8. The van der Waals surface area contributed by atoms with Gasteiger partial charge in [0.2, 0.25) is 0 Å². The van der Waals surface area contributed by atoms with Gasteiger partial charge in [-0.3, -0.25) is 0 Å². The van der Waals surface area contributed by atoms with E-state index in [2.05, 4.69) is 0 Å². The Bertz CT molecular complexity index is 680. The Labute approximate surface area is 122 Å². The van der Waals surface area contributed by atoms with Crippen LogP contribution in [0.3, 0.4) is 0 Å². The maximum Gasteiger partial charge on any atom is 0.167 e. The predicted octanol–water partition coefficient (Wildman–Crippen LogP) is 3.86. The number of nitrogens with zero attached hydrogens (tertiary/aromatic N) is 1. The lowest BCUT2D eigenvalue weighted by atomic mass is 10.2. The fraction of sp³-hybridized carbons (Fsp3) is 0.188. The van der Waals surface area contributed by atoms with Crippen molar-refractivity contribution in [1.29, 1.82) is 5.26 Å². The van der Waals surface area contributed by atoms with E-state index in [9.17, 15) is 4.39 Å². The van der Waals surface area contributed by atoms with E-state index in [4.69, 9.17) is 20.5 Å². The van der Waals surface area contributed by atoms with E-state index in [1.54, 1.807) is 18.2 Å². The molecule has 21 heavy (non-hydrogen) atoms. The summed E-state index contributed by atoms with van der Waals surface area (Å²) >= 11 is 0. The quantitative estimate of drug-likeness (QED) is 0.847. The van der Waals surface area contributed by atoms with Crippen LogP contribution in [0.4, 0.5) is 10.1 Å². The Morgan fingerprint density at radius 1 is 1.19 bits per heavy atom. The van der Waals surface area contributed by atoms with Crippen molar-refractivity contribution in [2.45, 2.75) is 13.3 Å². The zero-order valence-corrected chi connectivity index (χ0v) is 11.6. The molecule has 0 atom stereocenters. The Kier molecular flexibility index (Phi) is 4.62. The monoisotopic (exact) mass is 286 g/mol. The third kappa shape index (κ3) is 3.86. The van der Waals surface area contributed by atoms with Gasteiger partial charge < -0.3 is 15.2 Å². The van der Waals surface area contributed by atoms with Crippen LogP contribution >= 0.6 is 0 Å². The third-order valence-corrected chi connectivity index (χ3v) is 2.66. The van der Waals surface area contributed by atoms with Crippen molar-refractivity contribution in [3.63, 3.8) is 0 Å². The minimum absolute atomic E-state index is 0.0287. The zero-order valence-electron chi connectivity index (χ0n) is 11.6. The molecule has 0 aliphatic rings. The lowest BCUT2D eigenvalue weighted by molar-refractivity contribution is 0.316. The molecule has 0 unspecified atom stereocenters. The summed E-state index contributed by atoms with van der Waals surface area (Å²) in [6.45, 7) is 2.56. The molecule has 5 heteroatoms. The molecule has 2 rings (SSSR count). The highest BCUT2D eigenvalue weighted by molar-refractivity contribution is 5.51. The lowest BCUT2D eigenvalue weighted by Crippen LogP contribution is -1.97. The van der Waals surface area contributed by atoms with Crippen LogP contribution in [-0.2, 0) is 0 Å². The largest absolute Gasteiger partial charge is 0.493 e. The summed E-state index contributed by atoms with van der Waals surface area (Å²) in [5, 5.41) is 8.71. The first-order chi connectivity index (χ1) is 10.1. The Morgan fingerprint density at radius 2 is 1.95 bits per heavy atom. The fourth-order valence-corrected chi connectivity index (χ4v) is 1.74. The van der Waals surface area contributed by atoms with Crippen molar-refractivity contribution in [2.24, 2.45) is 0 Å².